The second-order valence-electron chi connectivity index (χ2n) is 2.94. The van der Waals surface area contributed by atoms with Gasteiger partial charge >= 0.3 is 5.97 Å². The molecule has 4 nitrogen and oxygen atoms in total. The number of pyridine rings is 1. The molecule has 0 radical (unpaired) electrons. The second-order valence-corrected chi connectivity index (χ2v) is 2.94. The van der Waals surface area contributed by atoms with Gasteiger partial charge in [-0.1, -0.05) is 0 Å². The van der Waals surface area contributed by atoms with Gasteiger partial charge in [-0.25, -0.2) is 18.2 Å². The lowest BCUT2D eigenvalue weighted by atomic mass is 10.2. The molecule has 0 aliphatic rings. The number of rotatable bonds is 3. The van der Waals surface area contributed by atoms with Crippen molar-refractivity contribution in [2.45, 2.75) is 12.8 Å². The van der Waals surface area contributed by atoms with Crippen LogP contribution in [0.2, 0.25) is 0 Å². The summed E-state index contributed by atoms with van der Waals surface area (Å²) in [5.41, 5.74) is 4.20. The van der Waals surface area contributed by atoms with E-state index in [1.54, 1.807) is 0 Å². The van der Waals surface area contributed by atoms with Gasteiger partial charge in [-0.05, 0) is 6.07 Å². The molecule has 1 aromatic heterocycles. The molecule has 0 amide bonds. The number of methoxy groups -OCH3 is 1. The Hall–Kier alpha value is -1.79. The van der Waals surface area contributed by atoms with Crippen LogP contribution in [0.1, 0.15) is 17.7 Å². The molecule has 7 heteroatoms. The molecule has 0 aliphatic heterocycles. The van der Waals surface area contributed by atoms with Gasteiger partial charge in [-0.2, -0.15) is 0 Å². The van der Waals surface area contributed by atoms with Crippen LogP contribution in [0.15, 0.2) is 6.07 Å². The summed E-state index contributed by atoms with van der Waals surface area (Å²) in [6, 6.07) is 0.575. The average molecular weight is 234 g/mol. The van der Waals surface area contributed by atoms with Crippen LogP contribution < -0.4 is 5.73 Å². The molecule has 0 unspecified atom stereocenters. The molecule has 0 fully saturated rings. The minimum atomic E-state index is -2.91. The third-order valence-electron chi connectivity index (χ3n) is 1.88. The number of carbonyl (C=O) groups excluding carboxylic acids is 1. The molecule has 0 aliphatic carbocycles. The average Bonchev–Trinajstić information content (AvgIpc) is 2.22. The van der Waals surface area contributed by atoms with Gasteiger partial charge in [0.1, 0.15) is 11.6 Å². The van der Waals surface area contributed by atoms with Crippen molar-refractivity contribution in [1.82, 2.24) is 4.98 Å². The zero-order valence-electron chi connectivity index (χ0n) is 8.34. The molecule has 2 N–H and O–H groups in total. The van der Waals surface area contributed by atoms with Gasteiger partial charge in [-0.3, -0.25) is 4.79 Å². The van der Waals surface area contributed by atoms with Crippen molar-refractivity contribution in [3.05, 3.63) is 23.1 Å². The van der Waals surface area contributed by atoms with Gasteiger partial charge < -0.3 is 10.5 Å². The fraction of sp³-hybridized carbons (Fsp3) is 0.333. The maximum absolute atomic E-state index is 13.2. The molecule has 0 atom stereocenters. The van der Waals surface area contributed by atoms with Crippen LogP contribution in [0.25, 0.3) is 0 Å². The van der Waals surface area contributed by atoms with E-state index >= 15 is 0 Å². The standard InChI is InChI=1S/C9H9F3N2O2/c1-16-7(15)3-6-5(10)2-4(8(11)12)9(13)14-6/h2,8H,3H2,1H3,(H2,13,14). The molecular weight excluding hydrogens is 225 g/mol. The molecule has 0 saturated carbocycles. The highest BCUT2D eigenvalue weighted by atomic mass is 19.3. The quantitative estimate of drug-likeness (QED) is 0.804. The number of aromatic nitrogens is 1. The predicted molar refractivity (Wildman–Crippen MR) is 49.3 cm³/mol. The van der Waals surface area contributed by atoms with Crippen molar-refractivity contribution in [2.75, 3.05) is 12.8 Å². The Morgan fingerprint density at radius 1 is 1.62 bits per heavy atom. The van der Waals surface area contributed by atoms with Gasteiger partial charge in [-0.15, -0.1) is 0 Å². The van der Waals surface area contributed by atoms with Crippen molar-refractivity contribution in [3.8, 4) is 0 Å². The summed E-state index contributed by atoms with van der Waals surface area (Å²) in [6.45, 7) is 0. The molecule has 0 bridgehead atoms. The monoisotopic (exact) mass is 234 g/mol. The molecule has 88 valence electrons. The number of carbonyl (C=O) groups is 1. The number of anilines is 1. The third kappa shape index (κ3) is 2.62. The van der Waals surface area contributed by atoms with E-state index in [4.69, 9.17) is 5.73 Å². The summed E-state index contributed by atoms with van der Waals surface area (Å²) in [4.78, 5) is 14.2. The van der Waals surface area contributed by atoms with E-state index < -0.39 is 36.0 Å². The summed E-state index contributed by atoms with van der Waals surface area (Å²) >= 11 is 0. The van der Waals surface area contributed by atoms with Crippen LogP contribution in [-0.2, 0) is 16.0 Å². The number of nitrogens with two attached hydrogens (primary N) is 1. The van der Waals surface area contributed by atoms with E-state index in [0.717, 1.165) is 7.11 Å². The van der Waals surface area contributed by atoms with E-state index in [9.17, 15) is 18.0 Å². The second kappa shape index (κ2) is 4.82. The smallest absolute Gasteiger partial charge is 0.311 e. The fourth-order valence-corrected chi connectivity index (χ4v) is 1.06. The molecular formula is C9H9F3N2O2. The largest absolute Gasteiger partial charge is 0.469 e. The number of hydrogen-bond donors (Lipinski definition) is 1. The summed E-state index contributed by atoms with van der Waals surface area (Å²) in [7, 11) is 1.12. The zero-order chi connectivity index (χ0) is 12.3. The van der Waals surface area contributed by atoms with E-state index in [1.807, 2.05) is 0 Å². The highest BCUT2D eigenvalue weighted by molar-refractivity contribution is 5.72. The molecule has 0 aromatic carbocycles. The summed E-state index contributed by atoms with van der Waals surface area (Å²) in [5, 5.41) is 0. The van der Waals surface area contributed by atoms with Crippen LogP contribution in [-0.4, -0.2) is 18.1 Å². The predicted octanol–water partition coefficient (Wildman–Crippen LogP) is 1.46. The number of ether oxygens (including phenoxy) is 1. The normalized spacial score (nSPS) is 10.6. The van der Waals surface area contributed by atoms with Crippen LogP contribution >= 0.6 is 0 Å². The highest BCUT2D eigenvalue weighted by Gasteiger charge is 2.18. The SMILES string of the molecule is COC(=O)Cc1nc(N)c(C(F)F)cc1F. The zero-order valence-corrected chi connectivity index (χ0v) is 8.34. The highest BCUT2D eigenvalue weighted by Crippen LogP contribution is 2.25. The first kappa shape index (κ1) is 12.3. The first-order valence-electron chi connectivity index (χ1n) is 4.25. The number of esters is 1. The van der Waals surface area contributed by atoms with Gasteiger partial charge in [0.2, 0.25) is 0 Å². The van der Waals surface area contributed by atoms with Crippen LogP contribution in [0.4, 0.5) is 19.0 Å². The minimum Gasteiger partial charge on any atom is -0.469 e. The lowest BCUT2D eigenvalue weighted by Gasteiger charge is -2.07. The molecule has 0 spiro atoms. The Labute approximate surface area is 89.2 Å². The van der Waals surface area contributed by atoms with Crippen LogP contribution in [0, 0.1) is 5.82 Å². The number of halogens is 3. The number of hydrogen-bond acceptors (Lipinski definition) is 4. The lowest BCUT2D eigenvalue weighted by Crippen LogP contribution is -2.11. The first-order valence-corrected chi connectivity index (χ1v) is 4.25. The maximum Gasteiger partial charge on any atom is 0.311 e. The Morgan fingerprint density at radius 2 is 2.25 bits per heavy atom. The number of alkyl halides is 2. The van der Waals surface area contributed by atoms with Crippen molar-refractivity contribution in [2.24, 2.45) is 0 Å². The Bertz CT molecular complexity index is 410. The van der Waals surface area contributed by atoms with E-state index in [-0.39, 0.29) is 5.69 Å². The molecule has 16 heavy (non-hydrogen) atoms. The Kier molecular flexibility index (Phi) is 3.70. The number of nitrogen functional groups attached to an aromatic ring is 1. The van der Waals surface area contributed by atoms with Gasteiger partial charge in [0.15, 0.2) is 0 Å². The molecule has 1 rings (SSSR count). The Morgan fingerprint density at radius 3 is 2.75 bits per heavy atom. The summed E-state index contributed by atoms with van der Waals surface area (Å²) in [5.74, 6) is -2.22. The van der Waals surface area contributed by atoms with Crippen LogP contribution in [0.3, 0.4) is 0 Å². The van der Waals surface area contributed by atoms with Crippen molar-refractivity contribution in [3.63, 3.8) is 0 Å². The molecule has 1 aromatic rings. The summed E-state index contributed by atoms with van der Waals surface area (Å²) < 4.78 is 42.1. The van der Waals surface area contributed by atoms with E-state index in [2.05, 4.69) is 9.72 Å². The molecule has 1 heterocycles. The van der Waals surface area contributed by atoms with Crippen molar-refractivity contribution < 1.29 is 22.7 Å². The van der Waals surface area contributed by atoms with Gasteiger partial charge in [0.05, 0.1) is 24.8 Å². The van der Waals surface area contributed by atoms with Gasteiger partial charge in [0.25, 0.3) is 6.43 Å². The Balaban J connectivity index is 3.05. The van der Waals surface area contributed by atoms with E-state index in [1.165, 1.54) is 0 Å². The maximum atomic E-state index is 13.2. The number of nitrogens with zero attached hydrogens (tertiary/aromatic N) is 1. The van der Waals surface area contributed by atoms with Crippen molar-refractivity contribution in [1.29, 1.82) is 0 Å². The van der Waals surface area contributed by atoms with Gasteiger partial charge in [0, 0.05) is 0 Å². The minimum absolute atomic E-state index is 0.311. The molecule has 0 saturated heterocycles. The summed E-state index contributed by atoms with van der Waals surface area (Å²) in [6.07, 6.45) is -3.36. The topological polar surface area (TPSA) is 65.2 Å². The van der Waals surface area contributed by atoms with E-state index in [0.29, 0.717) is 6.07 Å². The van der Waals surface area contributed by atoms with Crippen LogP contribution in [0.5, 0.6) is 0 Å². The first-order chi connectivity index (χ1) is 7.45. The lowest BCUT2D eigenvalue weighted by molar-refractivity contribution is -0.139. The fourth-order valence-electron chi connectivity index (χ4n) is 1.06. The van der Waals surface area contributed by atoms with Crippen molar-refractivity contribution >= 4 is 11.8 Å². The third-order valence-corrected chi connectivity index (χ3v) is 1.88.